The van der Waals surface area contributed by atoms with Gasteiger partial charge in [0.15, 0.2) is 0 Å². The molecule has 0 saturated carbocycles. The fourth-order valence-corrected chi connectivity index (χ4v) is 2.74. The van der Waals surface area contributed by atoms with Crippen molar-refractivity contribution in [1.29, 1.82) is 0 Å². The average molecular weight is 279 g/mol. The van der Waals surface area contributed by atoms with Crippen LogP contribution >= 0.6 is 0 Å². The van der Waals surface area contributed by atoms with Crippen molar-refractivity contribution in [3.05, 3.63) is 17.0 Å². The summed E-state index contributed by atoms with van der Waals surface area (Å²) >= 11 is 0. The second-order valence-electron chi connectivity index (χ2n) is 5.81. The molecular weight excluding hydrogens is 254 g/mol. The van der Waals surface area contributed by atoms with Crippen molar-refractivity contribution >= 4 is 5.91 Å². The molecule has 1 unspecified atom stereocenters. The third-order valence-corrected chi connectivity index (χ3v) is 4.20. The van der Waals surface area contributed by atoms with Crippen LogP contribution in [0.2, 0.25) is 0 Å². The molecule has 5 heteroatoms. The highest BCUT2D eigenvalue weighted by atomic mass is 16.5. The molecule has 0 aliphatic carbocycles. The first-order valence-electron chi connectivity index (χ1n) is 7.29. The van der Waals surface area contributed by atoms with Gasteiger partial charge < -0.3 is 9.64 Å². The summed E-state index contributed by atoms with van der Waals surface area (Å²) < 4.78 is 7.31. The zero-order chi connectivity index (χ0) is 14.7. The van der Waals surface area contributed by atoms with E-state index in [2.05, 4.69) is 5.10 Å². The first kappa shape index (κ1) is 15.0. The van der Waals surface area contributed by atoms with Crippen LogP contribution in [0.25, 0.3) is 0 Å². The molecular formula is C15H25N3O2. The van der Waals surface area contributed by atoms with Gasteiger partial charge in [-0.05, 0) is 32.6 Å². The van der Waals surface area contributed by atoms with Gasteiger partial charge in [0.05, 0.1) is 5.69 Å². The van der Waals surface area contributed by atoms with Crippen molar-refractivity contribution in [2.45, 2.75) is 39.7 Å². The van der Waals surface area contributed by atoms with E-state index in [-0.39, 0.29) is 5.91 Å². The molecule has 2 rings (SSSR count). The number of rotatable bonds is 4. The Balaban J connectivity index is 1.93. The Hall–Kier alpha value is -1.36. The van der Waals surface area contributed by atoms with Crippen LogP contribution < -0.4 is 0 Å². The molecule has 1 fully saturated rings. The lowest BCUT2D eigenvalue weighted by molar-refractivity contribution is -0.132. The third kappa shape index (κ3) is 3.39. The van der Waals surface area contributed by atoms with Crippen LogP contribution in [0, 0.1) is 19.8 Å². The molecule has 1 aromatic heterocycles. The Morgan fingerprint density at radius 1 is 1.50 bits per heavy atom. The molecule has 0 aromatic carbocycles. The van der Waals surface area contributed by atoms with Crippen molar-refractivity contribution in [3.8, 4) is 0 Å². The smallest absolute Gasteiger partial charge is 0.222 e. The fourth-order valence-electron chi connectivity index (χ4n) is 2.74. The Labute approximate surface area is 120 Å². The van der Waals surface area contributed by atoms with E-state index in [0.29, 0.717) is 18.9 Å². The second kappa shape index (κ2) is 6.39. The third-order valence-electron chi connectivity index (χ3n) is 4.20. The van der Waals surface area contributed by atoms with Crippen molar-refractivity contribution in [3.63, 3.8) is 0 Å². The van der Waals surface area contributed by atoms with Crippen LogP contribution in [0.1, 0.15) is 36.2 Å². The lowest BCUT2D eigenvalue weighted by atomic mass is 9.98. The molecule has 1 aliphatic heterocycles. The van der Waals surface area contributed by atoms with E-state index in [0.717, 1.165) is 43.0 Å². The first-order valence-corrected chi connectivity index (χ1v) is 7.29. The second-order valence-corrected chi connectivity index (χ2v) is 5.81. The number of hydrogen-bond donors (Lipinski definition) is 0. The van der Waals surface area contributed by atoms with Crippen LogP contribution in [-0.2, 0) is 23.1 Å². The lowest BCUT2D eigenvalue weighted by Crippen LogP contribution is -2.30. The molecule has 1 atom stereocenters. The summed E-state index contributed by atoms with van der Waals surface area (Å²) in [6, 6.07) is 0. The van der Waals surface area contributed by atoms with Gasteiger partial charge in [0.25, 0.3) is 0 Å². The topological polar surface area (TPSA) is 47.4 Å². The highest BCUT2D eigenvalue weighted by molar-refractivity contribution is 5.76. The van der Waals surface area contributed by atoms with E-state index in [1.54, 1.807) is 0 Å². The van der Waals surface area contributed by atoms with Crippen molar-refractivity contribution in [1.82, 2.24) is 14.7 Å². The molecule has 0 radical (unpaired) electrons. The van der Waals surface area contributed by atoms with Crippen LogP contribution in [0.4, 0.5) is 0 Å². The SMILES string of the molecule is Cc1nn(C)c(C)c1CN(C)C(=O)CC1CCCOC1. The van der Waals surface area contributed by atoms with Crippen molar-refractivity contribution in [2.24, 2.45) is 13.0 Å². The molecule has 2 heterocycles. The fraction of sp³-hybridized carbons (Fsp3) is 0.733. The van der Waals surface area contributed by atoms with E-state index in [9.17, 15) is 4.79 Å². The Bertz CT molecular complexity index is 476. The minimum absolute atomic E-state index is 0.197. The summed E-state index contributed by atoms with van der Waals surface area (Å²) in [6.45, 7) is 6.25. The number of aromatic nitrogens is 2. The largest absolute Gasteiger partial charge is 0.381 e. The Kier molecular flexibility index (Phi) is 4.81. The minimum Gasteiger partial charge on any atom is -0.381 e. The normalized spacial score (nSPS) is 19.1. The van der Waals surface area contributed by atoms with Crippen LogP contribution in [0.15, 0.2) is 0 Å². The first-order chi connectivity index (χ1) is 9.49. The van der Waals surface area contributed by atoms with E-state index >= 15 is 0 Å². The zero-order valence-electron chi connectivity index (χ0n) is 13.0. The number of ether oxygens (including phenoxy) is 1. The van der Waals surface area contributed by atoms with Gasteiger partial charge in [-0.25, -0.2) is 0 Å². The standard InChI is InChI=1S/C15H25N3O2/c1-11-14(12(2)18(4)16-11)9-17(3)15(19)8-13-6-5-7-20-10-13/h13H,5-10H2,1-4H3. The minimum atomic E-state index is 0.197. The van der Waals surface area contributed by atoms with E-state index in [1.165, 1.54) is 0 Å². The number of carbonyl (C=O) groups excluding carboxylic acids is 1. The monoisotopic (exact) mass is 279 g/mol. The maximum atomic E-state index is 12.3. The molecule has 20 heavy (non-hydrogen) atoms. The number of nitrogens with zero attached hydrogens (tertiary/aromatic N) is 3. The van der Waals surface area contributed by atoms with Gasteiger partial charge >= 0.3 is 0 Å². The number of carbonyl (C=O) groups is 1. The summed E-state index contributed by atoms with van der Waals surface area (Å²) in [5.41, 5.74) is 3.29. The quantitative estimate of drug-likeness (QED) is 0.844. The molecule has 1 aromatic rings. The van der Waals surface area contributed by atoms with Crippen LogP contribution in [0.5, 0.6) is 0 Å². The van der Waals surface area contributed by atoms with Gasteiger partial charge in [0.1, 0.15) is 0 Å². The molecule has 1 aliphatic rings. The molecule has 0 N–H and O–H groups in total. The Morgan fingerprint density at radius 3 is 2.80 bits per heavy atom. The van der Waals surface area contributed by atoms with Gasteiger partial charge in [-0.2, -0.15) is 5.10 Å². The summed E-state index contributed by atoms with van der Waals surface area (Å²) in [5, 5.41) is 4.40. The van der Waals surface area contributed by atoms with Gasteiger partial charge in [-0.3, -0.25) is 9.48 Å². The molecule has 5 nitrogen and oxygen atoms in total. The van der Waals surface area contributed by atoms with E-state index in [4.69, 9.17) is 4.74 Å². The van der Waals surface area contributed by atoms with E-state index in [1.807, 2.05) is 37.5 Å². The predicted molar refractivity (Wildman–Crippen MR) is 77.3 cm³/mol. The highest BCUT2D eigenvalue weighted by Crippen LogP contribution is 2.19. The van der Waals surface area contributed by atoms with Crippen LogP contribution in [0.3, 0.4) is 0 Å². The summed E-state index contributed by atoms with van der Waals surface area (Å²) in [5.74, 6) is 0.581. The van der Waals surface area contributed by atoms with Gasteiger partial charge in [0.2, 0.25) is 5.91 Å². The highest BCUT2D eigenvalue weighted by Gasteiger charge is 2.21. The summed E-state index contributed by atoms with van der Waals surface area (Å²) in [4.78, 5) is 14.1. The molecule has 112 valence electrons. The predicted octanol–water partition coefficient (Wildman–Crippen LogP) is 1.81. The van der Waals surface area contributed by atoms with Crippen LogP contribution in [-0.4, -0.2) is 40.8 Å². The zero-order valence-corrected chi connectivity index (χ0v) is 13.0. The number of hydrogen-bond acceptors (Lipinski definition) is 3. The molecule has 0 bridgehead atoms. The maximum absolute atomic E-state index is 12.3. The molecule has 1 saturated heterocycles. The van der Waals surface area contributed by atoms with Crippen molar-refractivity contribution < 1.29 is 9.53 Å². The van der Waals surface area contributed by atoms with E-state index < -0.39 is 0 Å². The van der Waals surface area contributed by atoms with Gasteiger partial charge in [0, 0.05) is 51.5 Å². The average Bonchev–Trinajstić information content (AvgIpc) is 2.66. The summed E-state index contributed by atoms with van der Waals surface area (Å²) in [7, 11) is 3.81. The molecule has 0 spiro atoms. The maximum Gasteiger partial charge on any atom is 0.222 e. The Morgan fingerprint density at radius 2 is 2.25 bits per heavy atom. The number of aryl methyl sites for hydroxylation is 2. The number of amides is 1. The lowest BCUT2D eigenvalue weighted by Gasteiger charge is -2.24. The van der Waals surface area contributed by atoms with Gasteiger partial charge in [-0.15, -0.1) is 0 Å². The summed E-state index contributed by atoms with van der Waals surface area (Å²) in [6.07, 6.45) is 2.77. The van der Waals surface area contributed by atoms with Gasteiger partial charge in [-0.1, -0.05) is 0 Å². The molecule has 1 amide bonds. The van der Waals surface area contributed by atoms with Crippen molar-refractivity contribution in [2.75, 3.05) is 20.3 Å².